The molecule has 2 fully saturated rings. The fraction of sp³-hybridized carbons (Fsp3) is 0.417. The van der Waals surface area contributed by atoms with Crippen LogP contribution in [0.4, 0.5) is 4.39 Å². The molecule has 32 heavy (non-hydrogen) atoms. The van der Waals surface area contributed by atoms with Gasteiger partial charge < -0.3 is 10.2 Å². The average Bonchev–Trinajstić information content (AvgIpc) is 3.30. The Hall–Kier alpha value is -2.15. The molecule has 5 nitrogen and oxygen atoms in total. The van der Waals surface area contributed by atoms with Crippen LogP contribution in [-0.2, 0) is 4.79 Å². The second kappa shape index (κ2) is 10.2. The van der Waals surface area contributed by atoms with Gasteiger partial charge in [-0.05, 0) is 74.2 Å². The van der Waals surface area contributed by atoms with Crippen molar-refractivity contribution in [1.82, 2.24) is 15.1 Å². The lowest BCUT2D eigenvalue weighted by Crippen LogP contribution is -2.44. The van der Waals surface area contributed by atoms with E-state index in [2.05, 4.69) is 10.2 Å². The quantitative estimate of drug-likeness (QED) is 0.696. The highest BCUT2D eigenvalue weighted by Gasteiger charge is 2.32. The molecule has 2 amide bonds. The predicted octanol–water partition coefficient (Wildman–Crippen LogP) is 4.34. The van der Waals surface area contributed by atoms with E-state index in [0.717, 1.165) is 32.4 Å². The summed E-state index contributed by atoms with van der Waals surface area (Å²) in [6, 6.07) is 11.8. The number of carbonyl (C=O) groups excluding carboxylic acids is 2. The summed E-state index contributed by atoms with van der Waals surface area (Å²) < 4.78 is 13.2. The summed E-state index contributed by atoms with van der Waals surface area (Å²) in [5, 5.41) is 3.35. The summed E-state index contributed by atoms with van der Waals surface area (Å²) in [6.07, 6.45) is 3.01. The number of halogens is 3. The summed E-state index contributed by atoms with van der Waals surface area (Å²) in [4.78, 5) is 29.2. The Kier molecular flexibility index (Phi) is 7.33. The fourth-order valence-corrected chi connectivity index (χ4v) is 4.90. The van der Waals surface area contributed by atoms with Crippen LogP contribution in [0.5, 0.6) is 0 Å². The molecule has 2 aliphatic rings. The third-order valence-electron chi connectivity index (χ3n) is 6.49. The van der Waals surface area contributed by atoms with Gasteiger partial charge in [0.15, 0.2) is 0 Å². The van der Waals surface area contributed by atoms with E-state index in [9.17, 15) is 14.0 Å². The topological polar surface area (TPSA) is 52.7 Å². The molecule has 0 radical (unpaired) electrons. The fourth-order valence-electron chi connectivity index (χ4n) is 4.61. The molecular formula is C24H26Cl2FN3O2. The number of carbonyl (C=O) groups is 2. The SMILES string of the molecule is O=C(NCC(=O)N1CCC(N2CCC(c3ccc(F)cc3)CC2)C1)c1ccc(Cl)c(Cl)c1. The van der Waals surface area contributed by atoms with Crippen molar-refractivity contribution in [3.05, 3.63) is 69.5 Å². The smallest absolute Gasteiger partial charge is 0.251 e. The van der Waals surface area contributed by atoms with Gasteiger partial charge in [-0.3, -0.25) is 14.5 Å². The van der Waals surface area contributed by atoms with Crippen molar-refractivity contribution in [1.29, 1.82) is 0 Å². The molecule has 1 unspecified atom stereocenters. The summed E-state index contributed by atoms with van der Waals surface area (Å²) in [5.41, 5.74) is 1.57. The maximum absolute atomic E-state index is 13.2. The third kappa shape index (κ3) is 5.42. The van der Waals surface area contributed by atoms with Crippen LogP contribution >= 0.6 is 23.2 Å². The molecule has 1 N–H and O–H groups in total. The highest BCUT2D eigenvalue weighted by molar-refractivity contribution is 6.42. The molecule has 0 aromatic heterocycles. The van der Waals surface area contributed by atoms with Gasteiger partial charge in [-0.2, -0.15) is 0 Å². The molecule has 2 saturated heterocycles. The number of piperidine rings is 1. The lowest BCUT2D eigenvalue weighted by atomic mass is 9.89. The molecule has 8 heteroatoms. The second-order valence-corrected chi connectivity index (χ2v) is 9.27. The van der Waals surface area contributed by atoms with Crippen molar-refractivity contribution in [3.63, 3.8) is 0 Å². The zero-order chi connectivity index (χ0) is 22.7. The van der Waals surface area contributed by atoms with Crippen molar-refractivity contribution in [2.24, 2.45) is 0 Å². The molecule has 0 spiro atoms. The van der Waals surface area contributed by atoms with Gasteiger partial charge in [-0.15, -0.1) is 0 Å². The first-order chi connectivity index (χ1) is 15.4. The monoisotopic (exact) mass is 477 g/mol. The van der Waals surface area contributed by atoms with Crippen molar-refractivity contribution in [2.75, 3.05) is 32.7 Å². The maximum Gasteiger partial charge on any atom is 0.251 e. The number of nitrogens with one attached hydrogen (secondary N) is 1. The molecule has 170 valence electrons. The summed E-state index contributed by atoms with van der Waals surface area (Å²) in [5.74, 6) is -0.171. The Morgan fingerprint density at radius 3 is 2.38 bits per heavy atom. The van der Waals surface area contributed by atoms with Crippen LogP contribution in [0.1, 0.15) is 41.1 Å². The van der Waals surface area contributed by atoms with E-state index < -0.39 is 0 Å². The Morgan fingerprint density at radius 2 is 1.69 bits per heavy atom. The summed E-state index contributed by atoms with van der Waals surface area (Å²) >= 11 is 11.8. The maximum atomic E-state index is 13.2. The third-order valence-corrected chi connectivity index (χ3v) is 7.22. The first-order valence-electron chi connectivity index (χ1n) is 10.9. The minimum atomic E-state index is -0.351. The van der Waals surface area contributed by atoms with Gasteiger partial charge in [0.05, 0.1) is 16.6 Å². The first kappa shape index (κ1) is 23.0. The van der Waals surface area contributed by atoms with E-state index in [1.54, 1.807) is 12.1 Å². The van der Waals surface area contributed by atoms with Gasteiger partial charge in [-0.25, -0.2) is 4.39 Å². The molecule has 0 saturated carbocycles. The van der Waals surface area contributed by atoms with E-state index in [4.69, 9.17) is 23.2 Å². The average molecular weight is 478 g/mol. The van der Waals surface area contributed by atoms with Gasteiger partial charge in [0.25, 0.3) is 5.91 Å². The minimum absolute atomic E-state index is 0.0432. The van der Waals surface area contributed by atoms with Crippen LogP contribution in [0.2, 0.25) is 10.0 Å². The van der Waals surface area contributed by atoms with E-state index in [0.29, 0.717) is 40.7 Å². The van der Waals surface area contributed by atoms with Crippen LogP contribution in [0.25, 0.3) is 0 Å². The Balaban J connectivity index is 1.23. The largest absolute Gasteiger partial charge is 0.343 e. The summed E-state index contributed by atoms with van der Waals surface area (Å²) in [7, 11) is 0. The van der Waals surface area contributed by atoms with Gasteiger partial charge in [0.1, 0.15) is 5.82 Å². The number of rotatable bonds is 5. The lowest BCUT2D eigenvalue weighted by Gasteiger charge is -2.36. The second-order valence-electron chi connectivity index (χ2n) is 8.46. The van der Waals surface area contributed by atoms with Crippen LogP contribution in [0.15, 0.2) is 42.5 Å². The van der Waals surface area contributed by atoms with E-state index in [1.807, 2.05) is 17.0 Å². The number of benzene rings is 2. The van der Waals surface area contributed by atoms with Crippen molar-refractivity contribution in [2.45, 2.75) is 31.2 Å². The molecule has 2 aromatic rings. The van der Waals surface area contributed by atoms with Crippen molar-refractivity contribution in [3.8, 4) is 0 Å². The number of likely N-dealkylation sites (tertiary alicyclic amines) is 2. The van der Waals surface area contributed by atoms with Gasteiger partial charge in [0, 0.05) is 24.7 Å². The molecular weight excluding hydrogens is 452 g/mol. The Morgan fingerprint density at radius 1 is 0.969 bits per heavy atom. The first-order valence-corrected chi connectivity index (χ1v) is 11.7. The van der Waals surface area contributed by atoms with Crippen LogP contribution in [-0.4, -0.2) is 60.4 Å². The van der Waals surface area contributed by atoms with Crippen molar-refractivity contribution < 1.29 is 14.0 Å². The molecule has 0 bridgehead atoms. The molecule has 2 heterocycles. The highest BCUT2D eigenvalue weighted by Crippen LogP contribution is 2.30. The lowest BCUT2D eigenvalue weighted by molar-refractivity contribution is -0.129. The zero-order valence-corrected chi connectivity index (χ0v) is 19.2. The van der Waals surface area contributed by atoms with E-state index >= 15 is 0 Å². The number of hydrogen-bond acceptors (Lipinski definition) is 3. The molecule has 1 atom stereocenters. The molecule has 4 rings (SSSR count). The highest BCUT2D eigenvalue weighted by atomic mass is 35.5. The van der Waals surface area contributed by atoms with Crippen molar-refractivity contribution >= 4 is 35.0 Å². The molecule has 0 aliphatic carbocycles. The molecule has 2 aliphatic heterocycles. The van der Waals surface area contributed by atoms with E-state index in [-0.39, 0.29) is 24.2 Å². The standard InChI is InChI=1S/C24H26Cl2FN3O2/c25-21-6-3-18(13-22(21)26)24(32)28-14-23(31)30-12-9-20(15-30)29-10-7-17(8-11-29)16-1-4-19(27)5-2-16/h1-6,13,17,20H,7-12,14-15H2,(H,28,32). The van der Waals surface area contributed by atoms with Crippen LogP contribution in [0.3, 0.4) is 0 Å². The van der Waals surface area contributed by atoms with Gasteiger partial charge >= 0.3 is 0 Å². The Bertz CT molecular complexity index is 978. The Labute approximate surface area is 197 Å². The minimum Gasteiger partial charge on any atom is -0.343 e. The molecule has 2 aromatic carbocycles. The van der Waals surface area contributed by atoms with E-state index in [1.165, 1.54) is 23.8 Å². The zero-order valence-electron chi connectivity index (χ0n) is 17.7. The van der Waals surface area contributed by atoms with Gasteiger partial charge in [0.2, 0.25) is 5.91 Å². The van der Waals surface area contributed by atoms with Crippen LogP contribution in [0, 0.1) is 5.82 Å². The van der Waals surface area contributed by atoms with Crippen LogP contribution < -0.4 is 5.32 Å². The number of hydrogen-bond donors (Lipinski definition) is 1. The van der Waals surface area contributed by atoms with Gasteiger partial charge in [-0.1, -0.05) is 35.3 Å². The summed E-state index contributed by atoms with van der Waals surface area (Å²) in [6.45, 7) is 3.29. The number of nitrogens with zero attached hydrogens (tertiary/aromatic N) is 2. The normalized spacial score (nSPS) is 19.8. The predicted molar refractivity (Wildman–Crippen MR) is 124 cm³/mol. The number of amides is 2.